The molecule has 2 aromatic carbocycles. The predicted octanol–water partition coefficient (Wildman–Crippen LogP) is 4.35. The third-order valence-corrected chi connectivity index (χ3v) is 7.38. The molecule has 1 aromatic heterocycles. The van der Waals surface area contributed by atoms with Crippen LogP contribution in [0.5, 0.6) is 0 Å². The molecule has 2 aliphatic rings. The molecule has 144 valence electrons. The van der Waals surface area contributed by atoms with Crippen LogP contribution in [0.1, 0.15) is 41.1 Å². The number of aliphatic hydroxyl groups excluding tert-OH is 1. The van der Waals surface area contributed by atoms with Crippen LogP contribution in [0.3, 0.4) is 0 Å². The number of sulfone groups is 1. The number of aryl methyl sites for hydroxylation is 1. The van der Waals surface area contributed by atoms with Crippen molar-refractivity contribution in [3.05, 3.63) is 75.8 Å². The standard InChI is InChI=1S/C22H16N2O4S/c23-12-17(29(26,27)14-8-2-1-3-9-14)21(25)20-19-15-10-4-6-13-7-5-11-16(18(13)15)22(19)28-24-20/h1-3,5,7-9,11,15,25H,4,6,10H2/b21-17+. The van der Waals surface area contributed by atoms with E-state index in [9.17, 15) is 18.8 Å². The van der Waals surface area contributed by atoms with E-state index in [0.29, 0.717) is 11.3 Å². The molecule has 0 radical (unpaired) electrons. The maximum atomic E-state index is 12.9. The zero-order chi connectivity index (χ0) is 20.2. The second-order valence-corrected chi connectivity index (χ2v) is 9.09. The lowest BCUT2D eigenvalue weighted by atomic mass is 9.81. The highest BCUT2D eigenvalue weighted by atomic mass is 32.2. The van der Waals surface area contributed by atoms with E-state index in [1.165, 1.54) is 17.7 Å². The second kappa shape index (κ2) is 6.33. The van der Waals surface area contributed by atoms with Crippen molar-refractivity contribution in [3.8, 4) is 17.4 Å². The van der Waals surface area contributed by atoms with Gasteiger partial charge in [-0.25, -0.2) is 8.42 Å². The Labute approximate surface area is 167 Å². The highest BCUT2D eigenvalue weighted by molar-refractivity contribution is 7.95. The number of hydrogen-bond acceptors (Lipinski definition) is 6. The van der Waals surface area contributed by atoms with E-state index in [1.807, 2.05) is 12.1 Å². The summed E-state index contributed by atoms with van der Waals surface area (Å²) in [5.41, 5.74) is 4.02. The van der Waals surface area contributed by atoms with Gasteiger partial charge in [-0.3, -0.25) is 0 Å². The normalized spacial score (nSPS) is 17.8. The molecule has 1 atom stereocenters. The lowest BCUT2D eigenvalue weighted by Crippen LogP contribution is -2.11. The van der Waals surface area contributed by atoms with Crippen LogP contribution in [0, 0.1) is 11.3 Å². The van der Waals surface area contributed by atoms with E-state index >= 15 is 0 Å². The number of aromatic nitrogens is 1. The van der Waals surface area contributed by atoms with Gasteiger partial charge in [-0.05, 0) is 42.5 Å². The molecule has 1 heterocycles. The number of rotatable bonds is 3. The first-order valence-corrected chi connectivity index (χ1v) is 10.8. The third-order valence-electron chi connectivity index (χ3n) is 5.67. The van der Waals surface area contributed by atoms with E-state index in [4.69, 9.17) is 4.52 Å². The lowest BCUT2D eigenvalue weighted by Gasteiger charge is -2.22. The van der Waals surface area contributed by atoms with Crippen molar-refractivity contribution in [1.29, 1.82) is 5.26 Å². The zero-order valence-corrected chi connectivity index (χ0v) is 16.1. The molecule has 6 nitrogen and oxygen atoms in total. The summed E-state index contributed by atoms with van der Waals surface area (Å²) in [6.07, 6.45) is 2.80. The summed E-state index contributed by atoms with van der Waals surface area (Å²) in [6.45, 7) is 0. The molecule has 0 saturated carbocycles. The zero-order valence-electron chi connectivity index (χ0n) is 15.3. The smallest absolute Gasteiger partial charge is 0.220 e. The van der Waals surface area contributed by atoms with E-state index in [1.54, 1.807) is 24.3 Å². The molecule has 0 spiro atoms. The van der Waals surface area contributed by atoms with Gasteiger partial charge in [0.1, 0.15) is 6.07 Å². The number of hydrogen-bond donors (Lipinski definition) is 1. The van der Waals surface area contributed by atoms with Crippen molar-refractivity contribution < 1.29 is 18.0 Å². The molecule has 29 heavy (non-hydrogen) atoms. The van der Waals surface area contributed by atoms with Gasteiger partial charge in [0.25, 0.3) is 0 Å². The Balaban J connectivity index is 1.70. The first kappa shape index (κ1) is 17.7. The summed E-state index contributed by atoms with van der Waals surface area (Å²) in [5, 5.41) is 24.4. The largest absolute Gasteiger partial charge is 0.504 e. The molecule has 5 rings (SSSR count). The van der Waals surface area contributed by atoms with E-state index in [0.717, 1.165) is 30.4 Å². The first-order valence-electron chi connectivity index (χ1n) is 9.29. The average molecular weight is 404 g/mol. The molecule has 7 heteroatoms. The van der Waals surface area contributed by atoms with Crippen LogP contribution in [-0.4, -0.2) is 18.7 Å². The Morgan fingerprint density at radius 2 is 1.93 bits per heavy atom. The minimum atomic E-state index is -4.19. The molecular weight excluding hydrogens is 388 g/mol. The number of allylic oxidation sites excluding steroid dienone is 1. The molecule has 2 aliphatic carbocycles. The molecule has 1 unspecified atom stereocenters. The molecule has 0 aliphatic heterocycles. The van der Waals surface area contributed by atoms with E-state index in [-0.39, 0.29) is 16.5 Å². The molecule has 3 aromatic rings. The van der Waals surface area contributed by atoms with Gasteiger partial charge in [0.2, 0.25) is 9.84 Å². The summed E-state index contributed by atoms with van der Waals surface area (Å²) >= 11 is 0. The minimum absolute atomic E-state index is 0.0206. The Bertz CT molecular complexity index is 1310. The van der Waals surface area contributed by atoms with Crippen LogP contribution < -0.4 is 0 Å². The summed E-state index contributed by atoms with van der Waals surface area (Å²) in [6, 6.07) is 15.2. The van der Waals surface area contributed by atoms with Gasteiger partial charge in [0, 0.05) is 17.0 Å². The average Bonchev–Trinajstić information content (AvgIpc) is 3.30. The Morgan fingerprint density at radius 3 is 2.69 bits per heavy atom. The first-order chi connectivity index (χ1) is 14.0. The van der Waals surface area contributed by atoms with Crippen LogP contribution >= 0.6 is 0 Å². The molecule has 0 bridgehead atoms. The van der Waals surface area contributed by atoms with Gasteiger partial charge in [-0.15, -0.1) is 0 Å². The summed E-state index contributed by atoms with van der Waals surface area (Å²) in [4.78, 5) is -0.793. The Morgan fingerprint density at radius 1 is 1.14 bits per heavy atom. The van der Waals surface area contributed by atoms with Crippen molar-refractivity contribution >= 4 is 15.6 Å². The molecule has 1 N–H and O–H groups in total. The lowest BCUT2D eigenvalue weighted by molar-refractivity contribution is 0.420. The molecule has 0 saturated heterocycles. The SMILES string of the molecule is N#C/C(=C(\O)c1noc2c1C1CCCc3cccc-2c31)S(=O)(=O)c1ccccc1. The third kappa shape index (κ3) is 2.46. The Kier molecular flexibility index (Phi) is 3.86. The highest BCUT2D eigenvalue weighted by Gasteiger charge is 2.40. The van der Waals surface area contributed by atoms with Gasteiger partial charge in [0.05, 0.1) is 4.90 Å². The maximum absolute atomic E-state index is 12.9. The maximum Gasteiger partial charge on any atom is 0.220 e. The van der Waals surface area contributed by atoms with E-state index in [2.05, 4.69) is 11.2 Å². The minimum Gasteiger partial charge on any atom is -0.504 e. The van der Waals surface area contributed by atoms with Crippen molar-refractivity contribution in [2.45, 2.75) is 30.1 Å². The van der Waals surface area contributed by atoms with Crippen molar-refractivity contribution in [2.24, 2.45) is 0 Å². The van der Waals surface area contributed by atoms with Crippen molar-refractivity contribution in [2.75, 3.05) is 0 Å². The summed E-state index contributed by atoms with van der Waals surface area (Å²) < 4.78 is 31.4. The fourth-order valence-electron chi connectivity index (χ4n) is 4.42. The monoisotopic (exact) mass is 404 g/mol. The number of nitriles is 1. The Hall–Kier alpha value is -3.37. The predicted molar refractivity (Wildman–Crippen MR) is 106 cm³/mol. The number of aliphatic hydroxyl groups is 1. The van der Waals surface area contributed by atoms with Crippen LogP contribution in [-0.2, 0) is 16.3 Å². The number of nitrogens with zero attached hydrogens (tertiary/aromatic N) is 2. The number of benzene rings is 2. The fraction of sp³-hybridized carbons (Fsp3) is 0.182. The van der Waals surface area contributed by atoms with Crippen molar-refractivity contribution in [3.63, 3.8) is 0 Å². The molecule has 0 fully saturated rings. The quantitative estimate of drug-likeness (QED) is 0.514. The topological polar surface area (TPSA) is 104 Å². The van der Waals surface area contributed by atoms with Gasteiger partial charge in [-0.2, -0.15) is 5.26 Å². The van der Waals surface area contributed by atoms with Gasteiger partial charge in [-0.1, -0.05) is 41.6 Å². The van der Waals surface area contributed by atoms with E-state index < -0.39 is 20.5 Å². The van der Waals surface area contributed by atoms with Gasteiger partial charge in [0.15, 0.2) is 22.1 Å². The van der Waals surface area contributed by atoms with Crippen LogP contribution in [0.15, 0.2) is 62.9 Å². The van der Waals surface area contributed by atoms with Crippen LogP contribution in [0.4, 0.5) is 0 Å². The van der Waals surface area contributed by atoms with Gasteiger partial charge >= 0.3 is 0 Å². The highest BCUT2D eigenvalue weighted by Crippen LogP contribution is 2.53. The second-order valence-electron chi connectivity index (χ2n) is 7.20. The van der Waals surface area contributed by atoms with Gasteiger partial charge < -0.3 is 9.63 Å². The summed E-state index contributed by atoms with van der Waals surface area (Å²) in [7, 11) is -4.19. The van der Waals surface area contributed by atoms with Crippen molar-refractivity contribution in [1.82, 2.24) is 5.16 Å². The molecule has 0 amide bonds. The summed E-state index contributed by atoms with van der Waals surface area (Å²) in [5.74, 6) is -0.140. The molecular formula is C22H16N2O4S. The van der Waals surface area contributed by atoms with Crippen LogP contribution in [0.2, 0.25) is 0 Å². The van der Waals surface area contributed by atoms with Crippen LogP contribution in [0.25, 0.3) is 17.1 Å². The fourth-order valence-corrected chi connectivity index (χ4v) is 5.64. The number of fused-ring (bicyclic) bond motifs is 3.